The molecule has 0 aromatic heterocycles. The van der Waals surface area contributed by atoms with E-state index in [4.69, 9.17) is 10.5 Å². The molecule has 0 rings (SSSR count). The van der Waals surface area contributed by atoms with Gasteiger partial charge in [0.25, 0.3) is 0 Å². The molecule has 0 bridgehead atoms. The third-order valence-electron chi connectivity index (χ3n) is 1.17. The highest BCUT2D eigenvalue weighted by Gasteiger charge is 2.08. The molecule has 0 spiro atoms. The first-order valence-electron chi connectivity index (χ1n) is 4.27. The van der Waals surface area contributed by atoms with Gasteiger partial charge in [0.15, 0.2) is 0 Å². The summed E-state index contributed by atoms with van der Waals surface area (Å²) < 4.78 is 4.72. The first kappa shape index (κ1) is 12.0. The molecule has 0 aliphatic rings. The van der Waals surface area contributed by atoms with E-state index >= 15 is 0 Å². The van der Waals surface area contributed by atoms with Crippen LogP contribution in [0.25, 0.3) is 0 Å². The molecule has 0 saturated heterocycles. The van der Waals surface area contributed by atoms with Gasteiger partial charge in [0.05, 0.1) is 0 Å². The molecule has 1 unspecified atom stereocenters. The van der Waals surface area contributed by atoms with Crippen molar-refractivity contribution in [3.05, 3.63) is 0 Å². The van der Waals surface area contributed by atoms with Crippen molar-refractivity contribution in [1.29, 1.82) is 0 Å². The molecule has 13 heavy (non-hydrogen) atoms. The van der Waals surface area contributed by atoms with Gasteiger partial charge in [-0.1, -0.05) is 19.6 Å². The van der Waals surface area contributed by atoms with Gasteiger partial charge in [-0.2, -0.15) is 0 Å². The van der Waals surface area contributed by atoms with Gasteiger partial charge in [-0.05, 0) is 6.92 Å². The van der Waals surface area contributed by atoms with Crippen LogP contribution in [0.4, 0.5) is 4.79 Å². The van der Waals surface area contributed by atoms with Gasteiger partial charge in [0.2, 0.25) is 0 Å². The molecule has 0 fully saturated rings. The molecule has 0 aliphatic carbocycles. The maximum Gasteiger partial charge on any atom is 0.404 e. The van der Waals surface area contributed by atoms with E-state index in [1.165, 1.54) is 0 Å². The Morgan fingerprint density at radius 3 is 2.46 bits per heavy atom. The first-order chi connectivity index (χ1) is 5.81. The number of amides is 1. The number of hydrogen-bond donors (Lipinski definition) is 1. The molecule has 0 aromatic carbocycles. The lowest BCUT2D eigenvalue weighted by molar-refractivity contribution is 0.119. The van der Waals surface area contributed by atoms with E-state index in [1.54, 1.807) is 6.92 Å². The predicted molar refractivity (Wildman–Crippen MR) is 55.9 cm³/mol. The van der Waals surface area contributed by atoms with Gasteiger partial charge in [0.1, 0.15) is 14.2 Å². The summed E-state index contributed by atoms with van der Waals surface area (Å²) in [5.74, 6) is 3.01. The number of primary amides is 1. The summed E-state index contributed by atoms with van der Waals surface area (Å²) in [7, 11) is -1.30. The molecule has 1 atom stereocenters. The third-order valence-corrected chi connectivity index (χ3v) is 2.10. The molecule has 0 heterocycles. The largest absolute Gasteiger partial charge is 0.446 e. The Kier molecular flexibility index (Phi) is 4.56. The lowest BCUT2D eigenvalue weighted by atomic mass is 10.3. The van der Waals surface area contributed by atoms with Crippen LogP contribution in [0.5, 0.6) is 0 Å². The van der Waals surface area contributed by atoms with Crippen LogP contribution in [0, 0.1) is 11.5 Å². The van der Waals surface area contributed by atoms with E-state index in [1.807, 2.05) is 0 Å². The van der Waals surface area contributed by atoms with E-state index in [0.29, 0.717) is 6.42 Å². The Hall–Kier alpha value is -0.953. The molecule has 0 saturated carbocycles. The monoisotopic (exact) mass is 199 g/mol. The van der Waals surface area contributed by atoms with Crippen LogP contribution in [0.15, 0.2) is 0 Å². The van der Waals surface area contributed by atoms with E-state index in [2.05, 4.69) is 31.1 Å². The van der Waals surface area contributed by atoms with Crippen molar-refractivity contribution < 1.29 is 9.53 Å². The van der Waals surface area contributed by atoms with Crippen molar-refractivity contribution in [2.75, 3.05) is 0 Å². The van der Waals surface area contributed by atoms with Crippen LogP contribution in [0.1, 0.15) is 13.3 Å². The van der Waals surface area contributed by atoms with E-state index in [0.717, 1.165) is 0 Å². The smallest absolute Gasteiger partial charge is 0.404 e. The van der Waals surface area contributed by atoms with Crippen molar-refractivity contribution >= 4 is 14.2 Å². The number of nitrogens with two attached hydrogens (primary N) is 1. The average Bonchev–Trinajstić information content (AvgIpc) is 1.81. The number of carbonyl (C=O) groups excluding carboxylic acids is 1. The third kappa shape index (κ3) is 8.96. The number of ether oxygens (including phenoxy) is 1. The average molecular weight is 199 g/mol. The van der Waals surface area contributed by atoms with E-state index in [-0.39, 0.29) is 6.10 Å². The summed E-state index contributed by atoms with van der Waals surface area (Å²) in [5.41, 5.74) is 8.03. The first-order valence-corrected chi connectivity index (χ1v) is 7.77. The second kappa shape index (κ2) is 4.93. The van der Waals surface area contributed by atoms with Crippen LogP contribution >= 0.6 is 0 Å². The van der Waals surface area contributed by atoms with Crippen LogP contribution in [-0.4, -0.2) is 20.3 Å². The number of carbonyl (C=O) groups is 1. The van der Waals surface area contributed by atoms with Gasteiger partial charge >= 0.3 is 6.09 Å². The summed E-state index contributed by atoms with van der Waals surface area (Å²) in [6.45, 7) is 8.28. The van der Waals surface area contributed by atoms with Gasteiger partial charge in [0, 0.05) is 6.42 Å². The molecule has 0 radical (unpaired) electrons. The lowest BCUT2D eigenvalue weighted by Crippen LogP contribution is -2.20. The van der Waals surface area contributed by atoms with E-state index in [9.17, 15) is 4.79 Å². The molecule has 1 amide bonds. The second-order valence-electron chi connectivity index (χ2n) is 4.00. The van der Waals surface area contributed by atoms with Gasteiger partial charge in [-0.15, -0.1) is 11.5 Å². The summed E-state index contributed by atoms with van der Waals surface area (Å²) in [6.07, 6.45) is -0.378. The molecule has 74 valence electrons. The Morgan fingerprint density at radius 1 is 1.54 bits per heavy atom. The standard InChI is InChI=1S/C9H17NO2Si/c1-8(12-9(10)11)6-5-7-13(2,3)4/h8H,6H2,1-4H3,(H2,10,11). The summed E-state index contributed by atoms with van der Waals surface area (Å²) in [6, 6.07) is 0. The van der Waals surface area contributed by atoms with E-state index < -0.39 is 14.2 Å². The van der Waals surface area contributed by atoms with Crippen LogP contribution < -0.4 is 5.73 Å². The van der Waals surface area contributed by atoms with Crippen LogP contribution in [0.2, 0.25) is 19.6 Å². The normalized spacial score (nSPS) is 12.6. The highest BCUT2D eigenvalue weighted by atomic mass is 28.3. The maximum atomic E-state index is 10.3. The Morgan fingerprint density at radius 2 is 2.08 bits per heavy atom. The molecule has 4 heteroatoms. The Bertz CT molecular complexity index is 234. The summed E-state index contributed by atoms with van der Waals surface area (Å²) in [4.78, 5) is 10.3. The quantitative estimate of drug-likeness (QED) is 0.544. The van der Waals surface area contributed by atoms with Crippen LogP contribution in [0.3, 0.4) is 0 Å². The van der Waals surface area contributed by atoms with Gasteiger partial charge in [-0.3, -0.25) is 0 Å². The lowest BCUT2D eigenvalue weighted by Gasteiger charge is -2.07. The zero-order chi connectivity index (χ0) is 10.5. The topological polar surface area (TPSA) is 52.3 Å². The van der Waals surface area contributed by atoms with Gasteiger partial charge < -0.3 is 10.5 Å². The summed E-state index contributed by atoms with van der Waals surface area (Å²) >= 11 is 0. The van der Waals surface area contributed by atoms with Crippen molar-refractivity contribution in [1.82, 2.24) is 0 Å². The minimum absolute atomic E-state index is 0.207. The maximum absolute atomic E-state index is 10.3. The minimum atomic E-state index is -1.30. The van der Waals surface area contributed by atoms with Crippen molar-refractivity contribution in [3.8, 4) is 11.5 Å². The fraction of sp³-hybridized carbons (Fsp3) is 0.667. The van der Waals surface area contributed by atoms with Crippen molar-refractivity contribution in [2.45, 2.75) is 39.1 Å². The molecular formula is C9H17NO2Si. The Labute approximate surface area is 80.7 Å². The Balaban J connectivity index is 3.86. The fourth-order valence-corrected chi connectivity index (χ4v) is 1.33. The molecule has 3 nitrogen and oxygen atoms in total. The predicted octanol–water partition coefficient (Wildman–Crippen LogP) is 1.74. The van der Waals surface area contributed by atoms with Crippen molar-refractivity contribution in [3.63, 3.8) is 0 Å². The molecule has 0 aliphatic heterocycles. The molecule has 0 aromatic rings. The van der Waals surface area contributed by atoms with Gasteiger partial charge in [-0.25, -0.2) is 4.79 Å². The number of hydrogen-bond acceptors (Lipinski definition) is 2. The van der Waals surface area contributed by atoms with Crippen molar-refractivity contribution in [2.24, 2.45) is 5.73 Å². The highest BCUT2D eigenvalue weighted by Crippen LogP contribution is 1.99. The number of rotatable bonds is 2. The molecule has 2 N–H and O–H groups in total. The van der Waals surface area contributed by atoms with Crippen LogP contribution in [-0.2, 0) is 4.74 Å². The SMILES string of the molecule is CC(CC#C[Si](C)(C)C)OC(N)=O. The minimum Gasteiger partial charge on any atom is -0.446 e. The summed E-state index contributed by atoms with van der Waals surface area (Å²) in [5, 5.41) is 0. The fourth-order valence-electron chi connectivity index (χ4n) is 0.700. The second-order valence-corrected chi connectivity index (χ2v) is 8.75. The molecular weight excluding hydrogens is 182 g/mol. The highest BCUT2D eigenvalue weighted by molar-refractivity contribution is 6.83. The zero-order valence-corrected chi connectivity index (χ0v) is 9.68. The zero-order valence-electron chi connectivity index (χ0n) is 8.68.